The molecular weight excluding hydrogens is 467 g/mol. The van der Waals surface area contributed by atoms with Crippen molar-refractivity contribution in [1.82, 2.24) is 4.98 Å². The molecule has 0 aliphatic rings. The zero-order chi connectivity index (χ0) is 23.7. The van der Waals surface area contributed by atoms with Gasteiger partial charge in [-0.25, -0.2) is 9.37 Å². The van der Waals surface area contributed by atoms with Gasteiger partial charge in [0.2, 0.25) is 0 Å². The average Bonchev–Trinajstić information content (AvgIpc) is 3.17. The van der Waals surface area contributed by atoms with Crippen LogP contribution in [0.3, 0.4) is 0 Å². The predicted molar refractivity (Wildman–Crippen MR) is 102 cm³/mol. The number of hydrogen-bond donors (Lipinski definition) is 3. The van der Waals surface area contributed by atoms with Crippen LogP contribution in [0.15, 0.2) is 53.9 Å². The highest BCUT2D eigenvalue weighted by Gasteiger charge is 2.71. The Balaban J connectivity index is 1.74. The first kappa shape index (κ1) is 23.5. The summed E-state index contributed by atoms with van der Waals surface area (Å²) in [4.78, 5) is 16.2. The molecule has 0 saturated heterocycles. The van der Waals surface area contributed by atoms with Gasteiger partial charge in [0, 0.05) is 16.6 Å². The van der Waals surface area contributed by atoms with Crippen LogP contribution in [0.1, 0.15) is 16.1 Å². The Hall–Kier alpha value is -3.19. The first-order valence-corrected chi connectivity index (χ1v) is 9.45. The summed E-state index contributed by atoms with van der Waals surface area (Å²) < 4.78 is 91.2. The van der Waals surface area contributed by atoms with Crippen LogP contribution in [0.25, 0.3) is 0 Å². The van der Waals surface area contributed by atoms with Gasteiger partial charge >= 0.3 is 12.4 Å². The molecule has 0 aliphatic carbocycles. The molecule has 0 bridgehead atoms. The number of thiazole rings is 1. The van der Waals surface area contributed by atoms with Gasteiger partial charge in [-0.2, -0.15) is 26.3 Å². The SMILES string of the molecule is O=C(Nc1ccc(C(O)(C(F)(F)F)C(F)(F)F)cc1)c1csc(Nc2ccccc2F)n1. The maximum atomic E-state index is 13.7. The monoisotopic (exact) mass is 479 g/mol. The van der Waals surface area contributed by atoms with E-state index in [9.17, 15) is 40.6 Å². The van der Waals surface area contributed by atoms with Crippen molar-refractivity contribution >= 4 is 33.8 Å². The number of nitrogens with one attached hydrogen (secondary N) is 2. The third-order valence-electron chi connectivity index (χ3n) is 4.23. The van der Waals surface area contributed by atoms with Gasteiger partial charge in [0.25, 0.3) is 11.5 Å². The fourth-order valence-electron chi connectivity index (χ4n) is 2.59. The first-order chi connectivity index (χ1) is 14.8. The molecule has 1 aromatic heterocycles. The lowest BCUT2D eigenvalue weighted by Gasteiger charge is -2.32. The molecule has 0 fully saturated rings. The molecule has 3 rings (SSSR count). The van der Waals surface area contributed by atoms with Crippen LogP contribution in [0.4, 0.5) is 47.2 Å². The Morgan fingerprint density at radius 3 is 2.09 bits per heavy atom. The molecule has 170 valence electrons. The minimum absolute atomic E-state index is 0.117. The third kappa shape index (κ3) is 4.53. The molecule has 0 saturated carbocycles. The van der Waals surface area contributed by atoms with Gasteiger partial charge in [-0.1, -0.05) is 24.3 Å². The highest BCUT2D eigenvalue weighted by atomic mass is 32.1. The number of halogens is 7. The number of carbonyl (C=O) groups excluding carboxylic acids is 1. The van der Waals surface area contributed by atoms with Crippen molar-refractivity contribution < 1.29 is 40.6 Å². The number of aromatic nitrogens is 1. The van der Waals surface area contributed by atoms with Gasteiger partial charge < -0.3 is 15.7 Å². The lowest BCUT2D eigenvalue weighted by molar-refractivity contribution is -0.376. The molecular formula is C19H12F7N3O2S. The Kier molecular flexibility index (Phi) is 6.15. The van der Waals surface area contributed by atoms with E-state index in [4.69, 9.17) is 0 Å². The third-order valence-corrected chi connectivity index (χ3v) is 4.99. The van der Waals surface area contributed by atoms with Gasteiger partial charge in [0.1, 0.15) is 11.5 Å². The number of aliphatic hydroxyl groups is 1. The van der Waals surface area contributed by atoms with E-state index in [0.717, 1.165) is 23.5 Å². The average molecular weight is 479 g/mol. The van der Waals surface area contributed by atoms with E-state index >= 15 is 0 Å². The molecule has 13 heteroatoms. The zero-order valence-electron chi connectivity index (χ0n) is 15.6. The summed E-state index contributed by atoms with van der Waals surface area (Å²) in [6.45, 7) is 0. The lowest BCUT2D eigenvalue weighted by Crippen LogP contribution is -2.53. The number of carbonyl (C=O) groups is 1. The second kappa shape index (κ2) is 8.39. The number of amides is 1. The van der Waals surface area contributed by atoms with Gasteiger partial charge in [-0.05, 0) is 24.3 Å². The fraction of sp³-hybridized carbons (Fsp3) is 0.158. The number of alkyl halides is 6. The van der Waals surface area contributed by atoms with Crippen LogP contribution in [-0.2, 0) is 5.60 Å². The van der Waals surface area contributed by atoms with Crippen molar-refractivity contribution in [1.29, 1.82) is 0 Å². The van der Waals surface area contributed by atoms with Crippen molar-refractivity contribution in [2.75, 3.05) is 10.6 Å². The van der Waals surface area contributed by atoms with Gasteiger partial charge in [-0.3, -0.25) is 4.79 Å². The topological polar surface area (TPSA) is 74.2 Å². The number of anilines is 3. The van der Waals surface area contributed by atoms with E-state index in [1.807, 2.05) is 0 Å². The Morgan fingerprint density at radius 1 is 0.938 bits per heavy atom. The molecule has 2 aromatic carbocycles. The zero-order valence-corrected chi connectivity index (χ0v) is 16.4. The number of benzene rings is 2. The molecule has 0 radical (unpaired) electrons. The minimum Gasteiger partial charge on any atom is -0.369 e. The number of hydrogen-bond acceptors (Lipinski definition) is 5. The highest BCUT2D eigenvalue weighted by molar-refractivity contribution is 7.14. The van der Waals surface area contributed by atoms with E-state index in [1.165, 1.54) is 23.6 Å². The predicted octanol–water partition coefficient (Wildman–Crippen LogP) is 5.59. The summed E-state index contributed by atoms with van der Waals surface area (Å²) in [7, 11) is 0. The maximum absolute atomic E-state index is 13.7. The molecule has 3 N–H and O–H groups in total. The molecule has 0 atom stereocenters. The molecule has 0 spiro atoms. The molecule has 32 heavy (non-hydrogen) atoms. The molecule has 0 aliphatic heterocycles. The van der Waals surface area contributed by atoms with Crippen LogP contribution < -0.4 is 10.6 Å². The fourth-order valence-corrected chi connectivity index (χ4v) is 3.29. The number of para-hydroxylation sites is 1. The van der Waals surface area contributed by atoms with Crippen molar-refractivity contribution in [3.8, 4) is 0 Å². The smallest absolute Gasteiger partial charge is 0.369 e. The van der Waals surface area contributed by atoms with E-state index in [0.29, 0.717) is 12.1 Å². The maximum Gasteiger partial charge on any atom is 0.430 e. The van der Waals surface area contributed by atoms with Crippen LogP contribution in [0.5, 0.6) is 0 Å². The van der Waals surface area contributed by atoms with Crippen LogP contribution in [0, 0.1) is 5.82 Å². The normalized spacial score (nSPS) is 12.5. The number of rotatable bonds is 5. The molecule has 1 amide bonds. The van der Waals surface area contributed by atoms with E-state index in [2.05, 4.69) is 15.6 Å². The Labute approximate surface area is 179 Å². The highest BCUT2D eigenvalue weighted by Crippen LogP contribution is 2.50. The van der Waals surface area contributed by atoms with Crippen molar-refractivity contribution in [3.63, 3.8) is 0 Å². The molecule has 1 heterocycles. The van der Waals surface area contributed by atoms with E-state index in [1.54, 1.807) is 6.07 Å². The van der Waals surface area contributed by atoms with Crippen LogP contribution >= 0.6 is 11.3 Å². The molecule has 5 nitrogen and oxygen atoms in total. The van der Waals surface area contributed by atoms with Crippen LogP contribution in [-0.4, -0.2) is 28.4 Å². The second-order valence-corrected chi connectivity index (χ2v) is 7.24. The summed E-state index contributed by atoms with van der Waals surface area (Å²) >= 11 is 0.970. The minimum atomic E-state index is -6.02. The van der Waals surface area contributed by atoms with Gasteiger partial charge in [0.15, 0.2) is 5.13 Å². The van der Waals surface area contributed by atoms with Crippen molar-refractivity contribution in [2.45, 2.75) is 18.0 Å². The summed E-state index contributed by atoms with van der Waals surface area (Å²) in [6.07, 6.45) is -12.0. The van der Waals surface area contributed by atoms with E-state index in [-0.39, 0.29) is 22.2 Å². The summed E-state index contributed by atoms with van der Waals surface area (Å²) in [6, 6.07) is 8.09. The van der Waals surface area contributed by atoms with Gasteiger partial charge in [0.05, 0.1) is 5.69 Å². The molecule has 0 unspecified atom stereocenters. The lowest BCUT2D eigenvalue weighted by atomic mass is 9.92. The first-order valence-electron chi connectivity index (χ1n) is 8.58. The van der Waals surface area contributed by atoms with Crippen molar-refractivity contribution in [2.24, 2.45) is 0 Å². The standard InChI is InChI=1S/C19H12F7N3O2S/c20-12-3-1-2-4-13(12)28-16-29-14(9-32-16)15(30)27-11-7-5-10(6-8-11)17(31,18(21,22)23)19(24,25)26/h1-9,31H,(H,27,30)(H,28,29). The van der Waals surface area contributed by atoms with Gasteiger partial charge in [-0.15, -0.1) is 11.3 Å². The summed E-state index contributed by atoms with van der Waals surface area (Å²) in [5.74, 6) is -1.36. The largest absolute Gasteiger partial charge is 0.430 e. The van der Waals surface area contributed by atoms with E-state index < -0.39 is 35.2 Å². The number of nitrogens with zero attached hydrogens (tertiary/aromatic N) is 1. The second-order valence-electron chi connectivity index (χ2n) is 6.38. The summed E-state index contributed by atoms with van der Waals surface area (Å²) in [5, 5.41) is 15.8. The molecule has 3 aromatic rings. The van der Waals surface area contributed by atoms with Crippen molar-refractivity contribution in [3.05, 3.63) is 71.0 Å². The summed E-state index contributed by atoms with van der Waals surface area (Å²) in [5.41, 5.74) is -6.67. The van der Waals surface area contributed by atoms with Crippen LogP contribution in [0.2, 0.25) is 0 Å². The quantitative estimate of drug-likeness (QED) is 0.417. The Bertz CT molecular complexity index is 1100. The Morgan fingerprint density at radius 2 is 1.53 bits per heavy atom.